The minimum Gasteiger partial charge on any atom is -0.493 e. The number of hydrogen-bond acceptors (Lipinski definition) is 3. The molecule has 5 heteroatoms. The van der Waals surface area contributed by atoms with Crippen LogP contribution >= 0.6 is 0 Å². The monoisotopic (exact) mass is 254 g/mol. The molecule has 0 spiro atoms. The Bertz CT molecular complexity index is 480. The molecule has 0 saturated heterocycles. The molecule has 1 aliphatic rings. The minimum atomic E-state index is -0.990. The van der Waals surface area contributed by atoms with Gasteiger partial charge < -0.3 is 14.6 Å². The normalized spacial score (nSPS) is 16.4. The Morgan fingerprint density at radius 1 is 1.44 bits per heavy atom. The van der Waals surface area contributed by atoms with Gasteiger partial charge in [-0.3, -0.25) is 4.79 Å². The highest BCUT2D eigenvalue weighted by Crippen LogP contribution is 2.52. The van der Waals surface area contributed by atoms with Gasteiger partial charge in [0.25, 0.3) is 0 Å². The Kier molecular flexibility index (Phi) is 3.26. The summed E-state index contributed by atoms with van der Waals surface area (Å²) in [5, 5.41) is 9.28. The largest absolute Gasteiger partial charge is 0.493 e. The van der Waals surface area contributed by atoms with Crippen molar-refractivity contribution in [3.05, 3.63) is 29.1 Å². The standard InChI is InChI=1S/C13H15FO4/c1-17-7-8-5-9(11(18-2)10(14)6-8)13(3-4-13)12(15)16/h5-6H,3-4,7H2,1-2H3,(H,15,16). The van der Waals surface area contributed by atoms with E-state index in [-0.39, 0.29) is 12.4 Å². The fraction of sp³-hybridized carbons (Fsp3) is 0.462. The van der Waals surface area contributed by atoms with Gasteiger partial charge in [-0.2, -0.15) is 0 Å². The van der Waals surface area contributed by atoms with E-state index in [1.54, 1.807) is 6.07 Å². The number of aliphatic carboxylic acids is 1. The highest BCUT2D eigenvalue weighted by atomic mass is 19.1. The summed E-state index contributed by atoms with van der Waals surface area (Å²) in [5.74, 6) is -1.46. The summed E-state index contributed by atoms with van der Waals surface area (Å²) in [5.41, 5.74) is 0.0264. The van der Waals surface area contributed by atoms with Crippen LogP contribution in [0.15, 0.2) is 12.1 Å². The Morgan fingerprint density at radius 3 is 2.56 bits per heavy atom. The Hall–Kier alpha value is -1.62. The van der Waals surface area contributed by atoms with Crippen LogP contribution in [-0.2, 0) is 21.6 Å². The molecule has 18 heavy (non-hydrogen) atoms. The molecule has 0 radical (unpaired) electrons. The molecule has 0 aromatic heterocycles. The molecule has 0 unspecified atom stereocenters. The van der Waals surface area contributed by atoms with E-state index >= 15 is 0 Å². The zero-order valence-corrected chi connectivity index (χ0v) is 10.3. The van der Waals surface area contributed by atoms with Crippen molar-refractivity contribution >= 4 is 5.97 Å². The molecule has 0 atom stereocenters. The number of carboxylic acid groups (broad SMARTS) is 1. The van der Waals surface area contributed by atoms with E-state index < -0.39 is 17.2 Å². The number of halogens is 1. The third kappa shape index (κ3) is 1.95. The zero-order valence-electron chi connectivity index (χ0n) is 10.3. The summed E-state index contributed by atoms with van der Waals surface area (Å²) in [4.78, 5) is 11.3. The molecule has 1 saturated carbocycles. The van der Waals surface area contributed by atoms with Crippen LogP contribution in [0.3, 0.4) is 0 Å². The van der Waals surface area contributed by atoms with Gasteiger partial charge in [0, 0.05) is 12.7 Å². The van der Waals surface area contributed by atoms with Crippen LogP contribution in [0.5, 0.6) is 5.75 Å². The second kappa shape index (κ2) is 4.57. The summed E-state index contributed by atoms with van der Waals surface area (Å²) in [6.45, 7) is 0.240. The quantitative estimate of drug-likeness (QED) is 0.874. The van der Waals surface area contributed by atoms with Gasteiger partial charge in [0.05, 0.1) is 19.1 Å². The molecule has 0 bridgehead atoms. The van der Waals surface area contributed by atoms with Gasteiger partial charge in [-0.15, -0.1) is 0 Å². The van der Waals surface area contributed by atoms with Gasteiger partial charge in [-0.05, 0) is 30.5 Å². The molecule has 4 nitrogen and oxygen atoms in total. The van der Waals surface area contributed by atoms with E-state index in [1.807, 2.05) is 0 Å². The number of rotatable bonds is 5. The average Bonchev–Trinajstić information content (AvgIpc) is 3.09. The maximum atomic E-state index is 13.9. The molecule has 2 rings (SSSR count). The highest BCUT2D eigenvalue weighted by Gasteiger charge is 2.53. The highest BCUT2D eigenvalue weighted by molar-refractivity contribution is 5.86. The smallest absolute Gasteiger partial charge is 0.314 e. The van der Waals surface area contributed by atoms with Crippen LogP contribution in [0.25, 0.3) is 0 Å². The Morgan fingerprint density at radius 2 is 2.11 bits per heavy atom. The summed E-state index contributed by atoms with van der Waals surface area (Å²) >= 11 is 0. The molecule has 1 aromatic rings. The van der Waals surface area contributed by atoms with E-state index in [4.69, 9.17) is 9.47 Å². The van der Waals surface area contributed by atoms with E-state index in [1.165, 1.54) is 20.3 Å². The van der Waals surface area contributed by atoms with E-state index in [0.29, 0.717) is 24.0 Å². The fourth-order valence-corrected chi connectivity index (χ4v) is 2.19. The Labute approximate surface area is 104 Å². The summed E-state index contributed by atoms with van der Waals surface area (Å²) in [6, 6.07) is 2.97. The summed E-state index contributed by atoms with van der Waals surface area (Å²) < 4.78 is 23.8. The SMILES string of the molecule is COCc1cc(F)c(OC)c(C2(C(=O)O)CC2)c1. The number of benzene rings is 1. The van der Waals surface area contributed by atoms with Gasteiger partial charge in [-0.25, -0.2) is 4.39 Å². The fourth-order valence-electron chi connectivity index (χ4n) is 2.19. The lowest BCUT2D eigenvalue weighted by Gasteiger charge is -2.17. The van der Waals surface area contributed by atoms with Crippen molar-refractivity contribution in [3.8, 4) is 5.75 Å². The lowest BCUT2D eigenvalue weighted by molar-refractivity contribution is -0.140. The number of carbonyl (C=O) groups is 1. The van der Waals surface area contributed by atoms with Crippen molar-refractivity contribution in [2.75, 3.05) is 14.2 Å². The van der Waals surface area contributed by atoms with Crippen LogP contribution in [0.2, 0.25) is 0 Å². The first kappa shape index (κ1) is 12.8. The number of carboxylic acids is 1. The predicted octanol–water partition coefficient (Wildman–Crippen LogP) is 2.10. The lowest BCUT2D eigenvalue weighted by atomic mass is 9.93. The van der Waals surface area contributed by atoms with Crippen LogP contribution in [0.1, 0.15) is 24.0 Å². The van der Waals surface area contributed by atoms with E-state index in [0.717, 1.165) is 0 Å². The first-order valence-electron chi connectivity index (χ1n) is 5.64. The summed E-state index contributed by atoms with van der Waals surface area (Å²) in [7, 11) is 2.85. The maximum absolute atomic E-state index is 13.9. The maximum Gasteiger partial charge on any atom is 0.314 e. The van der Waals surface area contributed by atoms with Crippen molar-refractivity contribution in [3.63, 3.8) is 0 Å². The van der Waals surface area contributed by atoms with Gasteiger partial charge in [0.15, 0.2) is 11.6 Å². The van der Waals surface area contributed by atoms with Crippen molar-refractivity contribution in [1.82, 2.24) is 0 Å². The van der Waals surface area contributed by atoms with Crippen molar-refractivity contribution in [2.45, 2.75) is 24.9 Å². The first-order chi connectivity index (χ1) is 8.55. The van der Waals surface area contributed by atoms with Crippen LogP contribution in [-0.4, -0.2) is 25.3 Å². The minimum absolute atomic E-state index is 0.0229. The molecular formula is C13H15FO4. The van der Waals surface area contributed by atoms with Crippen molar-refractivity contribution in [1.29, 1.82) is 0 Å². The number of methoxy groups -OCH3 is 2. The molecule has 0 heterocycles. The summed E-state index contributed by atoms with van der Waals surface area (Å²) in [6.07, 6.45) is 1.02. The van der Waals surface area contributed by atoms with E-state index in [9.17, 15) is 14.3 Å². The van der Waals surface area contributed by atoms with Gasteiger partial charge in [0.1, 0.15) is 0 Å². The first-order valence-corrected chi connectivity index (χ1v) is 5.64. The third-order valence-corrected chi connectivity index (χ3v) is 3.29. The van der Waals surface area contributed by atoms with E-state index in [2.05, 4.69) is 0 Å². The van der Waals surface area contributed by atoms with Crippen molar-refractivity contribution in [2.24, 2.45) is 0 Å². The predicted molar refractivity (Wildman–Crippen MR) is 62.2 cm³/mol. The molecule has 0 amide bonds. The van der Waals surface area contributed by atoms with Crippen LogP contribution < -0.4 is 4.74 Å². The molecule has 1 aliphatic carbocycles. The molecule has 98 valence electrons. The average molecular weight is 254 g/mol. The lowest BCUT2D eigenvalue weighted by Crippen LogP contribution is -2.21. The molecule has 1 N–H and O–H groups in total. The van der Waals surface area contributed by atoms with Gasteiger partial charge in [0.2, 0.25) is 0 Å². The number of ether oxygens (including phenoxy) is 2. The van der Waals surface area contributed by atoms with Gasteiger partial charge in [-0.1, -0.05) is 0 Å². The van der Waals surface area contributed by atoms with Crippen LogP contribution in [0, 0.1) is 5.82 Å². The molecular weight excluding hydrogens is 239 g/mol. The number of hydrogen-bond donors (Lipinski definition) is 1. The zero-order chi connectivity index (χ0) is 13.3. The second-order valence-corrected chi connectivity index (χ2v) is 4.48. The third-order valence-electron chi connectivity index (χ3n) is 3.29. The van der Waals surface area contributed by atoms with Crippen molar-refractivity contribution < 1.29 is 23.8 Å². The Balaban J connectivity index is 2.53. The second-order valence-electron chi connectivity index (χ2n) is 4.48. The molecule has 0 aliphatic heterocycles. The molecule has 1 aromatic carbocycles. The van der Waals surface area contributed by atoms with Crippen LogP contribution in [0.4, 0.5) is 4.39 Å². The van der Waals surface area contributed by atoms with Gasteiger partial charge >= 0.3 is 5.97 Å². The molecule has 1 fully saturated rings. The topological polar surface area (TPSA) is 55.8 Å².